The van der Waals surface area contributed by atoms with Gasteiger partial charge in [0.25, 0.3) is 6.21 Å². The largest absolute Gasteiger partial charge is 0.362 e. The maximum absolute atomic E-state index is 7.94. The van der Waals surface area contributed by atoms with Crippen molar-refractivity contribution in [3.63, 3.8) is 0 Å². The summed E-state index contributed by atoms with van der Waals surface area (Å²) in [5, 5.41) is 0. The number of hydrogen-bond donors (Lipinski definition) is 0. The van der Waals surface area contributed by atoms with Crippen LogP contribution in [0.25, 0.3) is 5.53 Å². The van der Waals surface area contributed by atoms with Crippen molar-refractivity contribution in [3.8, 4) is 0 Å². The fourth-order valence-corrected chi connectivity index (χ4v) is 1.08. The van der Waals surface area contributed by atoms with Crippen LogP contribution in [0.4, 0.5) is 0 Å². The van der Waals surface area contributed by atoms with Crippen LogP contribution in [0.1, 0.15) is 38.2 Å². The van der Waals surface area contributed by atoms with Crippen LogP contribution in [0, 0.1) is 6.92 Å². The van der Waals surface area contributed by atoms with E-state index in [2.05, 4.69) is 30.8 Å². The Bertz CT molecular complexity index is 279. The highest BCUT2D eigenvalue weighted by atomic mass is 32.1. The molecule has 0 heterocycles. The molecular weight excluding hydrogens is 216 g/mol. The molecule has 0 aliphatic rings. The monoisotopic (exact) mass is 238 g/mol. The Morgan fingerprint density at radius 2 is 1.81 bits per heavy atom. The van der Waals surface area contributed by atoms with Gasteiger partial charge in [-0.05, 0) is 13.3 Å². The van der Waals surface area contributed by atoms with E-state index in [1.165, 1.54) is 24.6 Å². The summed E-state index contributed by atoms with van der Waals surface area (Å²) < 4.78 is 0. The first kappa shape index (κ1) is 17.3. The van der Waals surface area contributed by atoms with Crippen molar-refractivity contribution in [2.24, 2.45) is 0 Å². The molecule has 0 aromatic heterocycles. The highest BCUT2D eigenvalue weighted by Crippen LogP contribution is 1.94. The van der Waals surface area contributed by atoms with Crippen molar-refractivity contribution in [1.29, 1.82) is 0 Å². The van der Waals surface area contributed by atoms with Gasteiger partial charge in [-0.15, -0.1) is 0 Å². The quantitative estimate of drug-likeness (QED) is 0.329. The third kappa shape index (κ3) is 12.9. The van der Waals surface area contributed by atoms with E-state index in [4.69, 9.17) is 5.53 Å². The van der Waals surface area contributed by atoms with Gasteiger partial charge in [0.05, 0.1) is 0 Å². The highest BCUT2D eigenvalue weighted by Gasteiger charge is 1.83. The zero-order valence-electron chi connectivity index (χ0n) is 10.2. The van der Waals surface area contributed by atoms with E-state index in [0.29, 0.717) is 0 Å². The van der Waals surface area contributed by atoms with E-state index in [-0.39, 0.29) is 13.5 Å². The van der Waals surface area contributed by atoms with Crippen molar-refractivity contribution in [2.45, 2.75) is 39.5 Å². The Kier molecular flexibility index (Phi) is 15.1. The molecule has 90 valence electrons. The number of benzene rings is 1. The summed E-state index contributed by atoms with van der Waals surface area (Å²) in [5.41, 5.74) is 9.26. The second-order valence-corrected chi connectivity index (χ2v) is 3.45. The molecule has 0 saturated carbocycles. The number of hydrogen-bond acceptors (Lipinski definition) is 0. The van der Waals surface area contributed by atoms with Gasteiger partial charge in [0.15, 0.2) is 0 Å². The molecule has 0 amide bonds. The van der Waals surface area contributed by atoms with Crippen LogP contribution in [-0.4, -0.2) is 11.0 Å². The lowest BCUT2D eigenvalue weighted by atomic mass is 10.2. The predicted octanol–water partition coefficient (Wildman–Crippen LogP) is 3.98. The Morgan fingerprint density at radius 1 is 1.19 bits per heavy atom. The predicted molar refractivity (Wildman–Crippen MR) is 75.4 cm³/mol. The minimum atomic E-state index is 0. The van der Waals surface area contributed by atoms with Crippen LogP contribution in [0.3, 0.4) is 0 Å². The van der Waals surface area contributed by atoms with Crippen molar-refractivity contribution < 1.29 is 4.79 Å². The maximum Gasteiger partial charge on any atom is 0.257 e. The minimum Gasteiger partial charge on any atom is -0.362 e. The maximum atomic E-state index is 7.94. The molecule has 16 heavy (non-hydrogen) atoms. The van der Waals surface area contributed by atoms with E-state index in [0.717, 1.165) is 12.8 Å². The third-order valence-electron chi connectivity index (χ3n) is 1.96. The molecule has 0 radical (unpaired) electrons. The van der Waals surface area contributed by atoms with Crippen LogP contribution in [-0.2, 0) is 0 Å². The number of aryl methyl sites for hydroxylation is 1. The average molecular weight is 238 g/mol. The molecule has 0 spiro atoms. The first-order valence-corrected chi connectivity index (χ1v) is 5.48. The molecule has 0 N–H and O–H groups in total. The second-order valence-electron chi connectivity index (χ2n) is 3.45. The SMILES string of the molecule is CCCCCC=[N+]=[N-].Cc1ccccc1.S. The summed E-state index contributed by atoms with van der Waals surface area (Å²) in [6.45, 7) is 4.23. The summed E-state index contributed by atoms with van der Waals surface area (Å²) in [5.74, 6) is 0. The zero-order chi connectivity index (χ0) is 11.4. The summed E-state index contributed by atoms with van der Waals surface area (Å²) in [4.78, 5) is 2.88. The van der Waals surface area contributed by atoms with Gasteiger partial charge >= 0.3 is 0 Å². The van der Waals surface area contributed by atoms with Crippen molar-refractivity contribution in [1.82, 2.24) is 0 Å². The molecule has 0 aliphatic heterocycles. The third-order valence-corrected chi connectivity index (χ3v) is 1.96. The first-order valence-electron chi connectivity index (χ1n) is 5.48. The lowest BCUT2D eigenvalue weighted by molar-refractivity contribution is 0.000743. The lowest BCUT2D eigenvalue weighted by Crippen LogP contribution is -1.76. The summed E-state index contributed by atoms with van der Waals surface area (Å²) in [6, 6.07) is 10.3. The van der Waals surface area contributed by atoms with Gasteiger partial charge in [-0.25, -0.2) is 0 Å². The fourth-order valence-electron chi connectivity index (χ4n) is 1.08. The molecule has 0 atom stereocenters. The lowest BCUT2D eigenvalue weighted by Gasteiger charge is -1.84. The van der Waals surface area contributed by atoms with Gasteiger partial charge in [-0.1, -0.05) is 55.7 Å². The summed E-state index contributed by atoms with van der Waals surface area (Å²) >= 11 is 0. The fraction of sp³-hybridized carbons (Fsp3) is 0.462. The standard InChI is InChI=1S/C7H8.C6H12N2.H2S/c1-7-5-3-2-4-6-7;1-2-3-4-5-6-8-7;/h2-6H,1H3;6H,2-5H2,1H3;1H2. The van der Waals surface area contributed by atoms with Crippen molar-refractivity contribution >= 4 is 19.7 Å². The van der Waals surface area contributed by atoms with Crippen LogP contribution in [0.15, 0.2) is 30.3 Å². The minimum absolute atomic E-state index is 0. The van der Waals surface area contributed by atoms with Crippen LogP contribution in [0.5, 0.6) is 0 Å². The molecule has 1 rings (SSSR count). The Balaban J connectivity index is 0. The molecule has 0 fully saturated rings. The molecule has 1 aromatic rings. The van der Waals surface area contributed by atoms with Gasteiger partial charge in [0.2, 0.25) is 0 Å². The summed E-state index contributed by atoms with van der Waals surface area (Å²) in [6.07, 6.45) is 6.03. The second kappa shape index (κ2) is 13.9. The molecular formula is C13H22N2S. The number of rotatable bonds is 4. The topological polar surface area (TPSA) is 36.4 Å². The zero-order valence-corrected chi connectivity index (χ0v) is 11.2. The average Bonchev–Trinajstić information content (AvgIpc) is 2.27. The number of nitrogens with zero attached hydrogens (tertiary/aromatic N) is 2. The van der Waals surface area contributed by atoms with E-state index < -0.39 is 0 Å². The molecule has 0 bridgehead atoms. The smallest absolute Gasteiger partial charge is 0.257 e. The van der Waals surface area contributed by atoms with Gasteiger partial charge in [0, 0.05) is 6.42 Å². The van der Waals surface area contributed by atoms with Crippen molar-refractivity contribution in [2.75, 3.05) is 0 Å². The van der Waals surface area contributed by atoms with E-state index in [1.54, 1.807) is 0 Å². The van der Waals surface area contributed by atoms with Crippen LogP contribution in [0.2, 0.25) is 0 Å². The summed E-state index contributed by atoms with van der Waals surface area (Å²) in [7, 11) is 0. The molecule has 0 unspecified atom stereocenters. The molecule has 1 aromatic carbocycles. The van der Waals surface area contributed by atoms with E-state index >= 15 is 0 Å². The first-order chi connectivity index (χ1) is 7.31. The van der Waals surface area contributed by atoms with Gasteiger partial charge < -0.3 is 5.53 Å². The molecule has 0 aliphatic carbocycles. The van der Waals surface area contributed by atoms with E-state index in [9.17, 15) is 0 Å². The normalized spacial score (nSPS) is 7.88. The van der Waals surface area contributed by atoms with E-state index in [1.807, 2.05) is 18.2 Å². The Hall–Kier alpha value is -1.05. The van der Waals surface area contributed by atoms with Crippen LogP contribution >= 0.6 is 13.5 Å². The Labute approximate surface area is 106 Å². The molecule has 3 heteroatoms. The van der Waals surface area contributed by atoms with Gasteiger partial charge in [0.1, 0.15) is 0 Å². The number of unbranched alkanes of at least 4 members (excludes halogenated alkanes) is 3. The van der Waals surface area contributed by atoms with Gasteiger partial charge in [-0.2, -0.15) is 18.3 Å². The molecule has 0 saturated heterocycles. The van der Waals surface area contributed by atoms with Crippen molar-refractivity contribution in [3.05, 3.63) is 41.4 Å². The van der Waals surface area contributed by atoms with Gasteiger partial charge in [-0.3, -0.25) is 0 Å². The van der Waals surface area contributed by atoms with Crippen LogP contribution < -0.4 is 0 Å². The Morgan fingerprint density at radius 3 is 2.19 bits per heavy atom. The highest BCUT2D eigenvalue weighted by molar-refractivity contribution is 7.59. The molecule has 2 nitrogen and oxygen atoms in total.